The number of fused-ring (bicyclic) bond motifs is 1. The number of methoxy groups -OCH3 is 1. The Bertz CT molecular complexity index is 877. The van der Waals surface area contributed by atoms with Crippen LogP contribution in [0.15, 0.2) is 42.6 Å². The van der Waals surface area contributed by atoms with Crippen molar-refractivity contribution in [2.24, 2.45) is 11.8 Å². The third-order valence-corrected chi connectivity index (χ3v) is 6.43. The number of nitrogens with one attached hydrogen (secondary N) is 1. The van der Waals surface area contributed by atoms with Crippen LogP contribution in [-0.4, -0.2) is 54.3 Å². The van der Waals surface area contributed by atoms with E-state index in [1.54, 1.807) is 19.4 Å². The maximum atomic E-state index is 12.5. The zero-order valence-corrected chi connectivity index (χ0v) is 15.9. The second-order valence-electron chi connectivity index (χ2n) is 7.89. The van der Waals surface area contributed by atoms with Crippen LogP contribution in [0.25, 0.3) is 0 Å². The molecule has 5 rings (SSSR count). The van der Waals surface area contributed by atoms with E-state index < -0.39 is 0 Å². The van der Waals surface area contributed by atoms with Crippen molar-refractivity contribution in [3.05, 3.63) is 48.2 Å². The van der Waals surface area contributed by atoms with Gasteiger partial charge in [-0.15, -0.1) is 0 Å². The van der Waals surface area contributed by atoms with Crippen molar-refractivity contribution >= 4 is 11.9 Å². The SMILES string of the molecule is COc1ccnc(N2C[C@@H]3[C@H](CNC(=O)c4ccccc4)[C@H]4CC[C@]3(C2)O4)n1. The van der Waals surface area contributed by atoms with Crippen molar-refractivity contribution in [3.63, 3.8) is 0 Å². The first-order chi connectivity index (χ1) is 13.7. The number of hydrogen-bond acceptors (Lipinski definition) is 6. The van der Waals surface area contributed by atoms with Crippen LogP contribution < -0.4 is 15.0 Å². The molecular formula is C21H24N4O3. The summed E-state index contributed by atoms with van der Waals surface area (Å²) in [6.45, 7) is 2.28. The number of amides is 1. The van der Waals surface area contributed by atoms with Crippen LogP contribution in [0.2, 0.25) is 0 Å². The summed E-state index contributed by atoms with van der Waals surface area (Å²) in [5, 5.41) is 3.12. The van der Waals surface area contributed by atoms with Gasteiger partial charge < -0.3 is 19.7 Å². The number of ether oxygens (including phenoxy) is 2. The van der Waals surface area contributed by atoms with Crippen LogP contribution in [0.4, 0.5) is 5.95 Å². The van der Waals surface area contributed by atoms with Gasteiger partial charge in [-0.1, -0.05) is 18.2 Å². The summed E-state index contributed by atoms with van der Waals surface area (Å²) in [5.41, 5.74) is 0.554. The molecule has 3 fully saturated rings. The summed E-state index contributed by atoms with van der Waals surface area (Å²) in [5.74, 6) is 1.91. The van der Waals surface area contributed by atoms with E-state index >= 15 is 0 Å². The molecule has 3 aliphatic rings. The van der Waals surface area contributed by atoms with Gasteiger partial charge in [0, 0.05) is 42.8 Å². The number of nitrogens with zero attached hydrogens (tertiary/aromatic N) is 3. The van der Waals surface area contributed by atoms with Gasteiger partial charge >= 0.3 is 0 Å². The molecule has 0 saturated carbocycles. The van der Waals surface area contributed by atoms with E-state index in [0.29, 0.717) is 35.8 Å². The Labute approximate surface area is 164 Å². The summed E-state index contributed by atoms with van der Waals surface area (Å²) in [6, 6.07) is 11.1. The Hall–Kier alpha value is -2.67. The van der Waals surface area contributed by atoms with Gasteiger partial charge in [-0.2, -0.15) is 4.98 Å². The molecule has 4 atom stereocenters. The van der Waals surface area contributed by atoms with Crippen molar-refractivity contribution in [1.29, 1.82) is 0 Å². The van der Waals surface area contributed by atoms with Crippen molar-refractivity contribution in [3.8, 4) is 5.88 Å². The molecule has 7 nitrogen and oxygen atoms in total. The third kappa shape index (κ3) is 2.81. The highest BCUT2D eigenvalue weighted by atomic mass is 16.5. The lowest BCUT2D eigenvalue weighted by atomic mass is 9.73. The van der Waals surface area contributed by atoms with Crippen LogP contribution in [0, 0.1) is 11.8 Å². The Balaban J connectivity index is 1.30. The first kappa shape index (κ1) is 17.4. The monoisotopic (exact) mass is 380 g/mol. The van der Waals surface area contributed by atoms with E-state index in [0.717, 1.165) is 25.9 Å². The summed E-state index contributed by atoms with van der Waals surface area (Å²) in [6.07, 6.45) is 4.07. The van der Waals surface area contributed by atoms with Gasteiger partial charge in [0.05, 0.1) is 25.4 Å². The van der Waals surface area contributed by atoms with Crippen molar-refractivity contribution in [2.45, 2.75) is 24.5 Å². The van der Waals surface area contributed by atoms with E-state index in [1.165, 1.54) is 0 Å². The quantitative estimate of drug-likeness (QED) is 0.854. The Morgan fingerprint density at radius 2 is 2.21 bits per heavy atom. The molecule has 3 aliphatic heterocycles. The van der Waals surface area contributed by atoms with Crippen LogP contribution >= 0.6 is 0 Å². The fourth-order valence-electron chi connectivity index (χ4n) is 5.12. The summed E-state index contributed by atoms with van der Waals surface area (Å²) < 4.78 is 11.7. The molecule has 1 aromatic carbocycles. The first-order valence-corrected chi connectivity index (χ1v) is 9.81. The molecule has 2 bridgehead atoms. The fourth-order valence-corrected chi connectivity index (χ4v) is 5.12. The minimum atomic E-state index is -0.140. The zero-order chi connectivity index (χ0) is 19.1. The summed E-state index contributed by atoms with van der Waals surface area (Å²) in [4.78, 5) is 23.6. The summed E-state index contributed by atoms with van der Waals surface area (Å²) in [7, 11) is 1.61. The maximum absolute atomic E-state index is 12.5. The third-order valence-electron chi connectivity index (χ3n) is 6.43. The van der Waals surface area contributed by atoms with E-state index in [-0.39, 0.29) is 17.6 Å². The van der Waals surface area contributed by atoms with E-state index in [1.807, 2.05) is 30.3 Å². The normalized spacial score (nSPS) is 30.3. The van der Waals surface area contributed by atoms with Gasteiger partial charge in [0.2, 0.25) is 11.8 Å². The van der Waals surface area contributed by atoms with E-state index in [4.69, 9.17) is 9.47 Å². The van der Waals surface area contributed by atoms with Gasteiger partial charge in [-0.25, -0.2) is 4.98 Å². The minimum absolute atomic E-state index is 0.0246. The molecule has 0 radical (unpaired) electrons. The highest BCUT2D eigenvalue weighted by molar-refractivity contribution is 5.94. The first-order valence-electron chi connectivity index (χ1n) is 9.81. The lowest BCUT2D eigenvalue weighted by Crippen LogP contribution is -2.41. The predicted octanol–water partition coefficient (Wildman–Crippen LogP) is 1.90. The molecule has 28 heavy (non-hydrogen) atoms. The lowest BCUT2D eigenvalue weighted by molar-refractivity contribution is 0.0141. The number of anilines is 1. The second kappa shape index (κ2) is 6.74. The fraction of sp³-hybridized carbons (Fsp3) is 0.476. The van der Waals surface area contributed by atoms with Gasteiger partial charge in [0.1, 0.15) is 0 Å². The predicted molar refractivity (Wildman–Crippen MR) is 103 cm³/mol. The Morgan fingerprint density at radius 1 is 1.36 bits per heavy atom. The maximum Gasteiger partial charge on any atom is 0.251 e. The van der Waals surface area contributed by atoms with E-state index in [9.17, 15) is 4.79 Å². The van der Waals surface area contributed by atoms with Gasteiger partial charge in [-0.3, -0.25) is 4.79 Å². The zero-order valence-electron chi connectivity index (χ0n) is 15.9. The van der Waals surface area contributed by atoms with E-state index in [2.05, 4.69) is 20.2 Å². The van der Waals surface area contributed by atoms with Crippen LogP contribution in [0.1, 0.15) is 23.2 Å². The number of hydrogen-bond donors (Lipinski definition) is 1. The lowest BCUT2D eigenvalue weighted by Gasteiger charge is -2.29. The number of aromatic nitrogens is 2. The molecule has 0 unspecified atom stereocenters. The molecule has 3 saturated heterocycles. The molecule has 146 valence electrons. The van der Waals surface area contributed by atoms with Gasteiger partial charge in [0.25, 0.3) is 5.91 Å². The molecule has 2 aromatic rings. The highest BCUT2D eigenvalue weighted by Crippen LogP contribution is 2.55. The largest absolute Gasteiger partial charge is 0.481 e. The second-order valence-corrected chi connectivity index (χ2v) is 7.89. The van der Waals surface area contributed by atoms with Crippen molar-refractivity contribution in [2.75, 3.05) is 31.6 Å². The average molecular weight is 380 g/mol. The molecule has 1 spiro atoms. The number of carbonyl (C=O) groups is 1. The number of carbonyl (C=O) groups excluding carboxylic acids is 1. The molecule has 0 aliphatic carbocycles. The molecule has 1 aromatic heterocycles. The van der Waals surface area contributed by atoms with Gasteiger partial charge in [-0.05, 0) is 25.0 Å². The topological polar surface area (TPSA) is 76.6 Å². The van der Waals surface area contributed by atoms with Crippen LogP contribution in [-0.2, 0) is 4.74 Å². The minimum Gasteiger partial charge on any atom is -0.481 e. The molecule has 1 N–H and O–H groups in total. The van der Waals surface area contributed by atoms with Crippen molar-refractivity contribution in [1.82, 2.24) is 15.3 Å². The Kier molecular flexibility index (Phi) is 4.19. The smallest absolute Gasteiger partial charge is 0.251 e. The average Bonchev–Trinajstić information content (AvgIpc) is 3.41. The van der Waals surface area contributed by atoms with Crippen molar-refractivity contribution < 1.29 is 14.3 Å². The summed E-state index contributed by atoms with van der Waals surface area (Å²) >= 11 is 0. The number of benzene rings is 1. The number of rotatable bonds is 5. The standard InChI is InChI=1S/C21H24N4O3/c1-27-18-8-10-22-20(24-18)25-12-16-15(17-7-9-21(16,13-25)28-17)11-23-19(26)14-5-3-2-4-6-14/h2-6,8,10,15-17H,7,9,11-13H2,1H3,(H,23,26)/t15-,16+,17+,21+/m0/s1. The van der Waals surface area contributed by atoms with Crippen LogP contribution in [0.5, 0.6) is 5.88 Å². The molecule has 7 heteroatoms. The van der Waals surface area contributed by atoms with Crippen LogP contribution in [0.3, 0.4) is 0 Å². The Morgan fingerprint density at radius 3 is 3.04 bits per heavy atom. The molecule has 1 amide bonds. The van der Waals surface area contributed by atoms with Gasteiger partial charge in [0.15, 0.2) is 0 Å². The molecule has 4 heterocycles. The molecular weight excluding hydrogens is 356 g/mol. The highest BCUT2D eigenvalue weighted by Gasteiger charge is 2.63.